The number of likely N-dealkylation sites (tertiary alicyclic amines) is 1. The van der Waals surface area contributed by atoms with Gasteiger partial charge in [0.2, 0.25) is 0 Å². The van der Waals surface area contributed by atoms with Crippen molar-refractivity contribution < 1.29 is 36.9 Å². The standard InChI is InChI=1S/C29H41F4NO4S/c1-6-8-13-24(22-11-9-10-12-23(22)37-17-25(30)31)39-21(7-2)16-34-15-20(28(3,4)5)14-29(19-34,27(35)36)38-18-26(32)33/h7,9-13,20,25-26H,6,8,14-19H2,1-5H3,(H,35,36)/b21-7-,24-13+/t20?,29-/m0/s1. The molecule has 1 aromatic carbocycles. The van der Waals surface area contributed by atoms with Crippen molar-refractivity contribution >= 4 is 22.6 Å². The number of aliphatic carboxylic acids is 1. The fraction of sp³-hybridized carbons (Fsp3) is 0.621. The number of thioether (sulfide) groups is 1. The topological polar surface area (TPSA) is 59.0 Å². The molecule has 0 amide bonds. The Morgan fingerprint density at radius 2 is 1.87 bits per heavy atom. The number of benzene rings is 1. The second-order valence-electron chi connectivity index (χ2n) is 10.9. The first-order valence-corrected chi connectivity index (χ1v) is 14.0. The Morgan fingerprint density at radius 1 is 1.21 bits per heavy atom. The summed E-state index contributed by atoms with van der Waals surface area (Å²) in [5.41, 5.74) is -1.32. The Hall–Kier alpha value is -2.04. The number of unbranched alkanes of at least 4 members (excludes halogenated alkanes) is 1. The predicted octanol–water partition coefficient (Wildman–Crippen LogP) is 7.58. The van der Waals surface area contributed by atoms with Crippen LogP contribution in [0.1, 0.15) is 59.4 Å². The van der Waals surface area contributed by atoms with Gasteiger partial charge in [-0.1, -0.05) is 76.2 Å². The summed E-state index contributed by atoms with van der Waals surface area (Å²) in [6, 6.07) is 7.04. The number of carbonyl (C=O) groups is 1. The number of piperidine rings is 1. The monoisotopic (exact) mass is 575 g/mol. The highest BCUT2D eigenvalue weighted by molar-refractivity contribution is 8.11. The molecule has 1 aromatic rings. The van der Waals surface area contributed by atoms with E-state index in [-0.39, 0.29) is 24.3 Å². The Labute approximate surface area is 233 Å². The van der Waals surface area contributed by atoms with Crippen LogP contribution in [-0.4, -0.2) is 67.3 Å². The molecule has 0 spiro atoms. The third kappa shape index (κ3) is 10.1. The number of carboxylic acids is 1. The predicted molar refractivity (Wildman–Crippen MR) is 148 cm³/mol. The lowest BCUT2D eigenvalue weighted by molar-refractivity contribution is -0.186. The Morgan fingerprint density at radius 3 is 2.44 bits per heavy atom. The Bertz CT molecular complexity index is 996. The molecule has 0 radical (unpaired) electrons. The number of hydrogen-bond acceptors (Lipinski definition) is 5. The lowest BCUT2D eigenvalue weighted by Gasteiger charge is -2.47. The number of hydrogen-bond donors (Lipinski definition) is 1. The third-order valence-corrected chi connectivity index (χ3v) is 7.95. The summed E-state index contributed by atoms with van der Waals surface area (Å²) >= 11 is 1.47. The smallest absolute Gasteiger partial charge is 0.337 e. The van der Waals surface area contributed by atoms with Gasteiger partial charge in [-0.3, -0.25) is 4.90 Å². The second-order valence-corrected chi connectivity index (χ2v) is 12.0. The molecule has 0 aromatic heterocycles. The van der Waals surface area contributed by atoms with E-state index in [4.69, 9.17) is 9.47 Å². The van der Waals surface area contributed by atoms with Gasteiger partial charge >= 0.3 is 5.97 Å². The number of allylic oxidation sites excluding steroid dienone is 2. The molecule has 39 heavy (non-hydrogen) atoms. The van der Waals surface area contributed by atoms with Crippen molar-refractivity contribution in [1.82, 2.24) is 4.90 Å². The Balaban J connectivity index is 2.35. The first-order chi connectivity index (χ1) is 18.3. The molecular formula is C29H41F4NO4S. The van der Waals surface area contributed by atoms with Crippen LogP contribution in [0.15, 0.2) is 41.3 Å². The van der Waals surface area contributed by atoms with Crippen LogP contribution >= 0.6 is 11.8 Å². The first-order valence-electron chi connectivity index (χ1n) is 13.2. The molecule has 2 rings (SSSR count). The lowest BCUT2D eigenvalue weighted by atomic mass is 9.71. The maximum atomic E-state index is 13.1. The summed E-state index contributed by atoms with van der Waals surface area (Å²) in [7, 11) is 0. The van der Waals surface area contributed by atoms with Gasteiger partial charge in [0, 0.05) is 30.1 Å². The van der Waals surface area contributed by atoms with E-state index >= 15 is 0 Å². The average Bonchev–Trinajstić information content (AvgIpc) is 2.87. The van der Waals surface area contributed by atoms with E-state index in [2.05, 4.69) is 0 Å². The molecule has 0 bridgehead atoms. The van der Waals surface area contributed by atoms with Crippen LogP contribution in [0.3, 0.4) is 0 Å². The molecule has 10 heteroatoms. The van der Waals surface area contributed by atoms with Crippen molar-refractivity contribution in [3.63, 3.8) is 0 Å². The lowest BCUT2D eigenvalue weighted by Crippen LogP contribution is -2.60. The molecule has 1 N–H and O–H groups in total. The molecule has 1 unspecified atom stereocenters. The number of para-hydroxylation sites is 1. The van der Waals surface area contributed by atoms with Gasteiger partial charge in [0.05, 0.1) is 0 Å². The molecule has 0 aliphatic carbocycles. The van der Waals surface area contributed by atoms with Gasteiger partial charge in [-0.15, -0.1) is 0 Å². The number of rotatable bonds is 14. The number of ether oxygens (including phenoxy) is 2. The number of carboxylic acid groups (broad SMARTS) is 1. The fourth-order valence-corrected chi connectivity index (χ4v) is 5.61. The third-order valence-electron chi connectivity index (χ3n) is 6.71. The Kier molecular flexibility index (Phi) is 12.8. The molecule has 1 aliphatic heterocycles. The number of nitrogens with zero attached hydrogens (tertiary/aromatic N) is 1. The fourth-order valence-electron chi connectivity index (χ4n) is 4.48. The van der Waals surface area contributed by atoms with Gasteiger partial charge in [-0.05, 0) is 42.1 Å². The molecule has 5 nitrogen and oxygen atoms in total. The van der Waals surface area contributed by atoms with Gasteiger partial charge in [0.1, 0.15) is 19.0 Å². The summed E-state index contributed by atoms with van der Waals surface area (Å²) in [5, 5.41) is 10.1. The molecule has 1 aliphatic rings. The molecular weight excluding hydrogens is 534 g/mol. The van der Waals surface area contributed by atoms with E-state index in [9.17, 15) is 27.5 Å². The van der Waals surface area contributed by atoms with Gasteiger partial charge in [0.25, 0.3) is 12.9 Å². The van der Waals surface area contributed by atoms with E-state index in [0.29, 0.717) is 24.4 Å². The summed E-state index contributed by atoms with van der Waals surface area (Å²) in [4.78, 5) is 16.1. The van der Waals surface area contributed by atoms with Crippen LogP contribution in [0.4, 0.5) is 17.6 Å². The van der Waals surface area contributed by atoms with Gasteiger partial charge in [-0.2, -0.15) is 0 Å². The highest BCUT2D eigenvalue weighted by Gasteiger charge is 2.50. The SMILES string of the molecule is C/C=C(/CN1CC(C(C)(C)C)C[C@@](OCC(F)F)(C(=O)O)C1)S/C(=C/CCC)c1ccccc1OCC(F)F. The average molecular weight is 576 g/mol. The zero-order chi connectivity index (χ0) is 29.2. The number of halogens is 4. The molecule has 1 fully saturated rings. The van der Waals surface area contributed by atoms with Crippen LogP contribution in [0.5, 0.6) is 5.75 Å². The zero-order valence-corrected chi connectivity index (χ0v) is 24.2. The van der Waals surface area contributed by atoms with Gasteiger partial charge < -0.3 is 14.6 Å². The van der Waals surface area contributed by atoms with Crippen molar-refractivity contribution in [3.05, 3.63) is 46.9 Å². The van der Waals surface area contributed by atoms with Crippen LogP contribution in [0, 0.1) is 11.3 Å². The quantitative estimate of drug-likeness (QED) is 0.231. The molecule has 0 saturated carbocycles. The second kappa shape index (κ2) is 15.1. The highest BCUT2D eigenvalue weighted by atomic mass is 32.2. The van der Waals surface area contributed by atoms with Crippen LogP contribution in [0.2, 0.25) is 0 Å². The van der Waals surface area contributed by atoms with E-state index < -0.39 is 37.6 Å². The van der Waals surface area contributed by atoms with Gasteiger partial charge in [-0.25, -0.2) is 22.4 Å². The van der Waals surface area contributed by atoms with Crippen LogP contribution < -0.4 is 4.74 Å². The highest BCUT2D eigenvalue weighted by Crippen LogP contribution is 2.42. The van der Waals surface area contributed by atoms with Crippen molar-refractivity contribution in [2.24, 2.45) is 11.3 Å². The van der Waals surface area contributed by atoms with E-state index in [1.165, 1.54) is 11.8 Å². The molecule has 1 saturated heterocycles. The van der Waals surface area contributed by atoms with E-state index in [1.807, 2.05) is 63.8 Å². The maximum absolute atomic E-state index is 13.1. The minimum Gasteiger partial charge on any atom is -0.487 e. The zero-order valence-electron chi connectivity index (χ0n) is 23.4. The largest absolute Gasteiger partial charge is 0.487 e. The van der Waals surface area contributed by atoms with Crippen LogP contribution in [-0.2, 0) is 9.53 Å². The van der Waals surface area contributed by atoms with Crippen molar-refractivity contribution in [2.75, 3.05) is 32.8 Å². The summed E-state index contributed by atoms with van der Waals surface area (Å²) in [5.74, 6) is -0.994. The first kappa shape index (κ1) is 33.2. The van der Waals surface area contributed by atoms with Crippen LogP contribution in [0.25, 0.3) is 4.91 Å². The van der Waals surface area contributed by atoms with Crippen molar-refractivity contribution in [3.8, 4) is 5.75 Å². The molecule has 2 atom stereocenters. The van der Waals surface area contributed by atoms with E-state index in [0.717, 1.165) is 22.7 Å². The minimum atomic E-state index is -2.77. The summed E-state index contributed by atoms with van der Waals surface area (Å²) in [6.07, 6.45) is 0.390. The summed E-state index contributed by atoms with van der Waals surface area (Å²) < 4.78 is 62.7. The van der Waals surface area contributed by atoms with Gasteiger partial charge in [0.15, 0.2) is 5.60 Å². The number of alkyl halides is 4. The maximum Gasteiger partial charge on any atom is 0.337 e. The summed E-state index contributed by atoms with van der Waals surface area (Å²) in [6.45, 7) is 9.22. The van der Waals surface area contributed by atoms with Crippen molar-refractivity contribution in [1.29, 1.82) is 0 Å². The molecule has 220 valence electrons. The van der Waals surface area contributed by atoms with Crippen molar-refractivity contribution in [2.45, 2.75) is 72.3 Å². The minimum absolute atomic E-state index is 0.0262. The molecule has 1 heterocycles. The normalized spacial score (nSPS) is 21.6. The van der Waals surface area contributed by atoms with E-state index in [1.54, 1.807) is 12.1 Å².